The quantitative estimate of drug-likeness (QED) is 0.290. The van der Waals surface area contributed by atoms with E-state index in [1.54, 1.807) is 12.1 Å². The van der Waals surface area contributed by atoms with Gasteiger partial charge in [-0.3, -0.25) is 4.79 Å². The molecule has 194 valence electrons. The maximum absolute atomic E-state index is 13.2. The van der Waals surface area contributed by atoms with Gasteiger partial charge in [-0.1, -0.05) is 61.2 Å². The van der Waals surface area contributed by atoms with Gasteiger partial charge in [-0.15, -0.1) is 0 Å². The zero-order valence-electron chi connectivity index (χ0n) is 21.2. The van der Waals surface area contributed by atoms with E-state index in [4.69, 9.17) is 17.3 Å². The van der Waals surface area contributed by atoms with Crippen molar-refractivity contribution in [1.82, 2.24) is 10.3 Å². The number of primary amides is 1. The number of carbonyl (C=O) groups excluding carboxylic acids is 1. The van der Waals surface area contributed by atoms with Crippen molar-refractivity contribution >= 4 is 29.2 Å². The van der Waals surface area contributed by atoms with Gasteiger partial charge in [0.15, 0.2) is 0 Å². The lowest BCUT2D eigenvalue weighted by atomic mass is 10.0. The Morgan fingerprint density at radius 2 is 1.95 bits per heavy atom. The molecule has 1 aromatic heterocycles. The fourth-order valence-electron chi connectivity index (χ4n) is 4.66. The summed E-state index contributed by atoms with van der Waals surface area (Å²) in [5.74, 6) is -0.220. The van der Waals surface area contributed by atoms with Crippen molar-refractivity contribution in [3.05, 3.63) is 94.1 Å². The Morgan fingerprint density at radius 3 is 2.53 bits per heavy atom. The number of nitriles is 1. The maximum Gasteiger partial charge on any atom is 0.235 e. The molecule has 0 saturated carbocycles. The predicted octanol–water partition coefficient (Wildman–Crippen LogP) is 5.28. The molecule has 38 heavy (non-hydrogen) atoms. The first kappa shape index (κ1) is 27.1. The topological polar surface area (TPSA) is 99.4 Å². The molecule has 2 heterocycles. The van der Waals surface area contributed by atoms with Crippen LogP contribution in [0, 0.1) is 23.7 Å². The second-order valence-electron chi connectivity index (χ2n) is 9.10. The molecule has 1 fully saturated rings. The number of nitrogens with one attached hydrogen (secondary N) is 1. The van der Waals surface area contributed by atoms with Crippen LogP contribution in [0.1, 0.15) is 47.3 Å². The fourth-order valence-corrected chi connectivity index (χ4v) is 5.72. The number of anilines is 1. The fraction of sp³-hybridized carbons (Fsp3) is 0.310. The third kappa shape index (κ3) is 6.13. The summed E-state index contributed by atoms with van der Waals surface area (Å²) in [7, 11) is 0. The Hall–Kier alpha value is -3.92. The van der Waals surface area contributed by atoms with E-state index in [9.17, 15) is 14.4 Å². The van der Waals surface area contributed by atoms with Crippen molar-refractivity contribution in [2.75, 3.05) is 18.0 Å². The van der Waals surface area contributed by atoms with E-state index in [-0.39, 0.29) is 11.9 Å². The second kappa shape index (κ2) is 12.6. The van der Waals surface area contributed by atoms with E-state index in [0.717, 1.165) is 35.7 Å². The van der Waals surface area contributed by atoms with Crippen LogP contribution in [0.25, 0.3) is 4.85 Å². The van der Waals surface area contributed by atoms with Crippen molar-refractivity contribution in [3.63, 3.8) is 0 Å². The number of rotatable bonds is 9. The number of pyridine rings is 1. The smallest absolute Gasteiger partial charge is 0.235 e. The molecule has 7 nitrogen and oxygen atoms in total. The maximum atomic E-state index is 13.2. The zero-order chi connectivity index (χ0) is 27.1. The molecule has 0 bridgehead atoms. The lowest BCUT2D eigenvalue weighted by Crippen LogP contribution is -2.42. The van der Waals surface area contributed by atoms with E-state index < -0.39 is 11.2 Å². The van der Waals surface area contributed by atoms with Crippen LogP contribution in [0.15, 0.2) is 59.6 Å². The van der Waals surface area contributed by atoms with Crippen LogP contribution in [0.4, 0.5) is 15.9 Å². The largest absolute Gasteiger partial charge is 0.368 e. The van der Waals surface area contributed by atoms with E-state index in [1.807, 2.05) is 37.3 Å². The molecule has 1 unspecified atom stereocenters. The molecule has 1 aliphatic rings. The highest BCUT2D eigenvalue weighted by molar-refractivity contribution is 8.00. The number of nitrogens with two attached hydrogens (primary N) is 1. The van der Waals surface area contributed by atoms with Gasteiger partial charge in [-0.25, -0.2) is 14.2 Å². The minimum Gasteiger partial charge on any atom is -0.368 e. The summed E-state index contributed by atoms with van der Waals surface area (Å²) >= 11 is 1.16. The van der Waals surface area contributed by atoms with Crippen LogP contribution < -0.4 is 16.0 Å². The number of halogens is 1. The van der Waals surface area contributed by atoms with E-state index >= 15 is 0 Å². The Balaban J connectivity index is 1.57. The van der Waals surface area contributed by atoms with Gasteiger partial charge in [0, 0.05) is 25.7 Å². The number of hydrogen-bond donors (Lipinski definition) is 2. The van der Waals surface area contributed by atoms with Gasteiger partial charge in [0.2, 0.25) is 11.6 Å². The number of benzene rings is 2. The first-order valence-electron chi connectivity index (χ1n) is 12.5. The van der Waals surface area contributed by atoms with Crippen LogP contribution in [-0.2, 0) is 17.8 Å². The van der Waals surface area contributed by atoms with Gasteiger partial charge < -0.3 is 16.0 Å². The van der Waals surface area contributed by atoms with Crippen LogP contribution >= 0.6 is 11.8 Å². The van der Waals surface area contributed by atoms with E-state index in [1.165, 1.54) is 12.1 Å². The van der Waals surface area contributed by atoms with Crippen molar-refractivity contribution in [2.45, 2.75) is 49.0 Å². The van der Waals surface area contributed by atoms with Gasteiger partial charge in [-0.05, 0) is 48.1 Å². The predicted molar refractivity (Wildman–Crippen MR) is 147 cm³/mol. The van der Waals surface area contributed by atoms with Crippen LogP contribution in [0.2, 0.25) is 0 Å². The molecule has 1 amide bonds. The molecule has 1 aliphatic heterocycles. The third-order valence-electron chi connectivity index (χ3n) is 6.69. The van der Waals surface area contributed by atoms with Crippen LogP contribution in [0.5, 0.6) is 0 Å². The molecular weight excluding hydrogens is 499 g/mol. The molecule has 4 rings (SSSR count). The molecule has 1 saturated heterocycles. The highest BCUT2D eigenvalue weighted by Crippen LogP contribution is 2.43. The summed E-state index contributed by atoms with van der Waals surface area (Å²) in [5, 5.41) is 13.2. The lowest BCUT2D eigenvalue weighted by molar-refractivity contribution is -0.117. The average molecular weight is 529 g/mol. The monoisotopic (exact) mass is 528 g/mol. The van der Waals surface area contributed by atoms with Crippen molar-refractivity contribution in [2.24, 2.45) is 5.73 Å². The lowest BCUT2D eigenvalue weighted by Gasteiger charge is -2.34. The highest BCUT2D eigenvalue weighted by Gasteiger charge is 2.29. The summed E-state index contributed by atoms with van der Waals surface area (Å²) in [6, 6.07) is 18.2. The zero-order valence-corrected chi connectivity index (χ0v) is 22.0. The van der Waals surface area contributed by atoms with Gasteiger partial charge >= 0.3 is 0 Å². The first-order chi connectivity index (χ1) is 18.4. The average Bonchev–Trinajstić information content (AvgIpc) is 2.95. The van der Waals surface area contributed by atoms with Gasteiger partial charge in [0.25, 0.3) is 0 Å². The van der Waals surface area contributed by atoms with Gasteiger partial charge in [-0.2, -0.15) is 5.26 Å². The molecule has 0 spiro atoms. The number of hydrogen-bond acceptors (Lipinski definition) is 6. The van der Waals surface area contributed by atoms with Crippen LogP contribution in [-0.4, -0.2) is 30.0 Å². The summed E-state index contributed by atoms with van der Waals surface area (Å²) in [4.78, 5) is 23.1. The molecule has 0 radical (unpaired) electrons. The van der Waals surface area contributed by atoms with Crippen molar-refractivity contribution in [1.29, 1.82) is 5.26 Å². The van der Waals surface area contributed by atoms with E-state index in [0.29, 0.717) is 53.7 Å². The number of aromatic nitrogens is 1. The third-order valence-corrected chi connectivity index (χ3v) is 7.95. The minimum atomic E-state index is -0.714. The number of carbonyl (C=O) groups is 1. The molecular formula is C29H29FN6OS. The first-order valence-corrected chi connectivity index (χ1v) is 13.4. The second-order valence-corrected chi connectivity index (χ2v) is 10.2. The van der Waals surface area contributed by atoms with E-state index in [2.05, 4.69) is 21.1 Å². The highest BCUT2D eigenvalue weighted by atomic mass is 32.2. The molecule has 1 atom stereocenters. The Bertz CT molecular complexity index is 1360. The van der Waals surface area contributed by atoms with Crippen molar-refractivity contribution < 1.29 is 9.18 Å². The molecule has 0 aliphatic carbocycles. The summed E-state index contributed by atoms with van der Waals surface area (Å²) in [6.07, 6.45) is 2.18. The standard InChI is InChI=1S/C29H29FN6OS/c1-3-23-24(17-31)29(38-26(27(32)37)20-7-5-4-6-8-20)35-28(25(23)33-2)36-15-13-22(14-16-36)34-18-19-9-11-21(30)12-10-19/h4-12,22,26,34H,3,13-16,18H2,1H3,(H2,32,37). The van der Waals surface area contributed by atoms with Crippen molar-refractivity contribution in [3.8, 4) is 6.07 Å². The van der Waals surface area contributed by atoms with Gasteiger partial charge in [0.1, 0.15) is 28.0 Å². The molecule has 3 aromatic rings. The minimum absolute atomic E-state index is 0.248. The Morgan fingerprint density at radius 1 is 1.26 bits per heavy atom. The Kier molecular flexibility index (Phi) is 8.96. The molecule has 3 N–H and O–H groups in total. The normalized spacial score (nSPS) is 14.5. The SMILES string of the molecule is [C-]#[N+]c1c(N2CCC(NCc3ccc(F)cc3)CC2)nc(SC(C(N)=O)c2ccccc2)c(C#N)c1CC. The summed E-state index contributed by atoms with van der Waals surface area (Å²) < 4.78 is 13.2. The number of piperidine rings is 1. The number of nitrogens with zero attached hydrogens (tertiary/aromatic N) is 4. The molecule has 2 aromatic carbocycles. The number of amides is 1. The number of thioether (sulfide) groups is 1. The Labute approximate surface area is 226 Å². The molecule has 9 heteroatoms. The summed E-state index contributed by atoms with van der Waals surface area (Å²) in [6.45, 7) is 11.8. The van der Waals surface area contributed by atoms with Gasteiger partial charge in [0.05, 0.1) is 12.1 Å². The van der Waals surface area contributed by atoms with Crippen LogP contribution in [0.3, 0.4) is 0 Å². The summed E-state index contributed by atoms with van der Waals surface area (Å²) in [5.41, 5.74) is 8.87.